The van der Waals surface area contributed by atoms with Gasteiger partial charge in [-0.05, 0) is 57.2 Å². The molecule has 0 amide bonds. The Morgan fingerprint density at radius 3 is 2.82 bits per heavy atom. The van der Waals surface area contributed by atoms with Crippen molar-refractivity contribution < 1.29 is 4.74 Å². The molecule has 0 N–H and O–H groups in total. The predicted molar refractivity (Wildman–Crippen MR) is 96.5 cm³/mol. The summed E-state index contributed by atoms with van der Waals surface area (Å²) in [7, 11) is 2.23. The molecule has 1 aromatic heterocycles. The van der Waals surface area contributed by atoms with Crippen molar-refractivity contribution >= 4 is 33.8 Å². The molecule has 0 saturated heterocycles. The molecule has 3 nitrogen and oxygen atoms in total. The van der Waals surface area contributed by atoms with Crippen molar-refractivity contribution in [3.05, 3.63) is 22.2 Å². The molecule has 1 saturated carbocycles. The van der Waals surface area contributed by atoms with Gasteiger partial charge in [0, 0.05) is 6.04 Å². The number of fused-ring (bicyclic) bond motifs is 1. The van der Waals surface area contributed by atoms with Crippen LogP contribution in [0.5, 0.6) is 5.75 Å². The van der Waals surface area contributed by atoms with Gasteiger partial charge < -0.3 is 9.30 Å². The van der Waals surface area contributed by atoms with Crippen molar-refractivity contribution in [1.82, 2.24) is 9.47 Å². The first-order valence-electron chi connectivity index (χ1n) is 8.15. The summed E-state index contributed by atoms with van der Waals surface area (Å²) in [5.74, 6) is 0.930. The Bertz CT molecular complexity index is 686. The number of hydrogen-bond donors (Lipinski definition) is 0. The zero-order valence-electron chi connectivity index (χ0n) is 13.4. The van der Waals surface area contributed by atoms with E-state index in [4.69, 9.17) is 17.0 Å². The molecule has 1 heterocycles. The van der Waals surface area contributed by atoms with E-state index in [1.165, 1.54) is 42.3 Å². The quantitative estimate of drug-likeness (QED) is 0.711. The lowest BCUT2D eigenvalue weighted by atomic mass is 9.95. The lowest BCUT2D eigenvalue weighted by molar-refractivity contribution is 0.155. The smallest absolute Gasteiger partial charge is 0.163 e. The van der Waals surface area contributed by atoms with Crippen molar-refractivity contribution in [2.45, 2.75) is 51.7 Å². The van der Waals surface area contributed by atoms with E-state index in [9.17, 15) is 0 Å². The van der Waals surface area contributed by atoms with Gasteiger partial charge in [-0.3, -0.25) is 4.90 Å². The second-order valence-electron chi connectivity index (χ2n) is 6.05. The highest BCUT2D eigenvalue weighted by molar-refractivity contribution is 7.73. The van der Waals surface area contributed by atoms with Crippen molar-refractivity contribution in [3.63, 3.8) is 0 Å². The summed E-state index contributed by atoms with van der Waals surface area (Å²) in [5.41, 5.74) is 1.22. The molecular weight excluding hydrogens is 312 g/mol. The van der Waals surface area contributed by atoms with Crippen LogP contribution in [0, 0.1) is 3.95 Å². The average Bonchev–Trinajstić information content (AvgIpc) is 2.84. The molecule has 22 heavy (non-hydrogen) atoms. The zero-order chi connectivity index (χ0) is 15.5. The molecule has 3 rings (SSSR count). The molecule has 0 atom stereocenters. The van der Waals surface area contributed by atoms with Crippen LogP contribution in [0.25, 0.3) is 10.2 Å². The standard InChI is InChI=1S/C17H24N2OS2/c1-3-20-14-9-10-15-16(11-14)22-17(21)19(15)12-18(2)13-7-5-4-6-8-13/h9-11,13H,3-8,12H2,1-2H3. The van der Waals surface area contributed by atoms with Crippen LogP contribution in [-0.2, 0) is 6.67 Å². The van der Waals surface area contributed by atoms with Crippen LogP contribution in [0.2, 0.25) is 0 Å². The lowest BCUT2D eigenvalue weighted by Crippen LogP contribution is -2.34. The van der Waals surface area contributed by atoms with Crippen molar-refractivity contribution in [1.29, 1.82) is 0 Å². The molecule has 0 radical (unpaired) electrons. The van der Waals surface area contributed by atoms with Gasteiger partial charge in [-0.25, -0.2) is 0 Å². The number of ether oxygens (including phenoxy) is 1. The third-order valence-electron chi connectivity index (χ3n) is 4.51. The molecule has 0 spiro atoms. The third-order valence-corrected chi connectivity index (χ3v) is 5.93. The van der Waals surface area contributed by atoms with E-state index in [1.807, 2.05) is 13.0 Å². The fourth-order valence-electron chi connectivity index (χ4n) is 3.30. The van der Waals surface area contributed by atoms with Gasteiger partial charge in [-0.2, -0.15) is 0 Å². The van der Waals surface area contributed by atoms with Crippen molar-refractivity contribution in [2.24, 2.45) is 0 Å². The maximum Gasteiger partial charge on any atom is 0.163 e. The topological polar surface area (TPSA) is 17.4 Å². The Kier molecular flexibility index (Phi) is 5.16. The summed E-state index contributed by atoms with van der Waals surface area (Å²) in [6, 6.07) is 7.00. The zero-order valence-corrected chi connectivity index (χ0v) is 15.0. The van der Waals surface area contributed by atoms with Gasteiger partial charge in [0.05, 0.1) is 23.5 Å². The van der Waals surface area contributed by atoms with Crippen LogP contribution >= 0.6 is 23.6 Å². The molecule has 0 unspecified atom stereocenters. The van der Waals surface area contributed by atoms with Gasteiger partial charge in [0.25, 0.3) is 0 Å². The summed E-state index contributed by atoms with van der Waals surface area (Å²) < 4.78 is 10.0. The molecule has 1 fully saturated rings. The van der Waals surface area contributed by atoms with E-state index in [2.05, 4.69) is 28.6 Å². The van der Waals surface area contributed by atoms with Gasteiger partial charge in [-0.15, -0.1) is 11.3 Å². The normalized spacial score (nSPS) is 16.5. The first-order valence-corrected chi connectivity index (χ1v) is 9.38. The Morgan fingerprint density at radius 2 is 2.09 bits per heavy atom. The van der Waals surface area contributed by atoms with Gasteiger partial charge in [0.15, 0.2) is 3.95 Å². The van der Waals surface area contributed by atoms with E-state index in [1.54, 1.807) is 11.3 Å². The fourth-order valence-corrected chi connectivity index (χ4v) is 4.64. The molecule has 0 bridgehead atoms. The minimum Gasteiger partial charge on any atom is -0.494 e. The van der Waals surface area contributed by atoms with E-state index in [-0.39, 0.29) is 0 Å². The van der Waals surface area contributed by atoms with Gasteiger partial charge in [-0.1, -0.05) is 19.3 Å². The molecular formula is C17H24N2OS2. The number of rotatable bonds is 5. The minimum atomic E-state index is 0.696. The van der Waals surface area contributed by atoms with Crippen LogP contribution in [0.1, 0.15) is 39.0 Å². The number of thiazole rings is 1. The first kappa shape index (κ1) is 16.0. The molecule has 1 aliphatic rings. The summed E-state index contributed by atoms with van der Waals surface area (Å²) >= 11 is 7.27. The summed E-state index contributed by atoms with van der Waals surface area (Å²) in [5, 5.41) is 0. The summed E-state index contributed by atoms with van der Waals surface area (Å²) in [6.45, 7) is 3.59. The minimum absolute atomic E-state index is 0.696. The second kappa shape index (κ2) is 7.11. The monoisotopic (exact) mass is 336 g/mol. The molecule has 1 aromatic carbocycles. The van der Waals surface area contributed by atoms with E-state index >= 15 is 0 Å². The number of nitrogens with zero attached hydrogens (tertiary/aromatic N) is 2. The van der Waals surface area contributed by atoms with Crippen LogP contribution < -0.4 is 4.74 Å². The summed E-state index contributed by atoms with van der Waals surface area (Å²) in [4.78, 5) is 2.47. The van der Waals surface area contributed by atoms with Gasteiger partial charge in [0.1, 0.15) is 5.75 Å². The lowest BCUT2D eigenvalue weighted by Gasteiger charge is -2.31. The highest BCUT2D eigenvalue weighted by Gasteiger charge is 2.19. The molecule has 120 valence electrons. The van der Waals surface area contributed by atoms with E-state index in [0.717, 1.165) is 16.4 Å². The Morgan fingerprint density at radius 1 is 1.32 bits per heavy atom. The van der Waals surface area contributed by atoms with Crippen molar-refractivity contribution in [2.75, 3.05) is 13.7 Å². The van der Waals surface area contributed by atoms with E-state index < -0.39 is 0 Å². The van der Waals surface area contributed by atoms with E-state index in [0.29, 0.717) is 12.6 Å². The molecule has 5 heteroatoms. The second-order valence-corrected chi connectivity index (χ2v) is 7.72. The van der Waals surface area contributed by atoms with Gasteiger partial charge in [0.2, 0.25) is 0 Å². The van der Waals surface area contributed by atoms with Crippen LogP contribution in [0.4, 0.5) is 0 Å². The Hall–Kier alpha value is -0.910. The Balaban J connectivity index is 1.83. The molecule has 0 aliphatic heterocycles. The van der Waals surface area contributed by atoms with Crippen LogP contribution in [0.3, 0.4) is 0 Å². The predicted octanol–water partition coefficient (Wildman–Crippen LogP) is 5.05. The largest absolute Gasteiger partial charge is 0.494 e. The van der Waals surface area contributed by atoms with Crippen LogP contribution in [-0.4, -0.2) is 29.2 Å². The third kappa shape index (κ3) is 3.36. The molecule has 2 aromatic rings. The molecule has 1 aliphatic carbocycles. The fraction of sp³-hybridized carbons (Fsp3) is 0.588. The highest BCUT2D eigenvalue weighted by Crippen LogP contribution is 2.29. The highest BCUT2D eigenvalue weighted by atomic mass is 32.1. The maximum absolute atomic E-state index is 5.59. The van der Waals surface area contributed by atoms with Gasteiger partial charge >= 0.3 is 0 Å². The van der Waals surface area contributed by atoms with Crippen molar-refractivity contribution in [3.8, 4) is 5.75 Å². The number of benzene rings is 1. The maximum atomic E-state index is 5.59. The summed E-state index contributed by atoms with van der Waals surface area (Å²) in [6.07, 6.45) is 6.76. The SMILES string of the molecule is CCOc1ccc2c(c1)sc(=S)n2CN(C)C1CCCCC1. The van der Waals surface area contributed by atoms with Crippen LogP contribution in [0.15, 0.2) is 18.2 Å². The number of aromatic nitrogens is 1. The first-order chi connectivity index (χ1) is 10.7. The number of hydrogen-bond acceptors (Lipinski definition) is 4. The average molecular weight is 337 g/mol. The Labute approximate surface area is 141 Å².